The molecule has 0 spiro atoms. The fraction of sp³-hybridized carbons (Fsp3) is 0.579. The van der Waals surface area contributed by atoms with E-state index >= 15 is 0 Å². The Balaban J connectivity index is 1.40. The van der Waals surface area contributed by atoms with Gasteiger partial charge in [-0.1, -0.05) is 5.11 Å². The summed E-state index contributed by atoms with van der Waals surface area (Å²) in [5.41, 5.74) is 8.93. The summed E-state index contributed by atoms with van der Waals surface area (Å²) >= 11 is 0. The van der Waals surface area contributed by atoms with Gasteiger partial charge in [-0.05, 0) is 36.7 Å². The molecular formula is C19H27N7O5. The van der Waals surface area contributed by atoms with Crippen molar-refractivity contribution in [1.29, 1.82) is 0 Å². The van der Waals surface area contributed by atoms with Crippen LogP contribution < -0.4 is 4.74 Å². The van der Waals surface area contributed by atoms with Gasteiger partial charge in [0, 0.05) is 17.0 Å². The van der Waals surface area contributed by atoms with Crippen molar-refractivity contribution in [2.75, 3.05) is 66.0 Å². The molecule has 0 aliphatic rings. The molecule has 12 heteroatoms. The highest BCUT2D eigenvalue weighted by atomic mass is 16.6. The molecule has 0 amide bonds. The van der Waals surface area contributed by atoms with Crippen molar-refractivity contribution < 1.29 is 23.7 Å². The van der Waals surface area contributed by atoms with Gasteiger partial charge in [0.1, 0.15) is 12.4 Å². The number of aromatic nitrogens is 4. The number of rotatable bonds is 17. The molecule has 31 heavy (non-hydrogen) atoms. The largest absolute Gasteiger partial charge is 0.491 e. The quantitative estimate of drug-likeness (QED) is 0.158. The van der Waals surface area contributed by atoms with E-state index in [0.29, 0.717) is 77.7 Å². The Labute approximate surface area is 180 Å². The molecule has 2 rings (SSSR count). The van der Waals surface area contributed by atoms with Crippen LogP contribution in [0.15, 0.2) is 29.4 Å². The molecule has 1 aromatic carbocycles. The van der Waals surface area contributed by atoms with Crippen LogP contribution in [0.3, 0.4) is 0 Å². The van der Waals surface area contributed by atoms with E-state index in [4.69, 9.17) is 29.2 Å². The molecule has 0 saturated carbocycles. The van der Waals surface area contributed by atoms with Gasteiger partial charge in [-0.15, -0.1) is 20.4 Å². The van der Waals surface area contributed by atoms with E-state index in [1.54, 1.807) is 6.92 Å². The Morgan fingerprint density at radius 1 is 0.742 bits per heavy atom. The Kier molecular flexibility index (Phi) is 12.5. The summed E-state index contributed by atoms with van der Waals surface area (Å²) in [4.78, 5) is 2.64. The second-order valence-electron chi connectivity index (χ2n) is 6.05. The summed E-state index contributed by atoms with van der Waals surface area (Å²) in [6, 6.07) is 7.39. The summed E-state index contributed by atoms with van der Waals surface area (Å²) in [6.07, 6.45) is 0. The van der Waals surface area contributed by atoms with Crippen LogP contribution in [0.4, 0.5) is 0 Å². The zero-order valence-corrected chi connectivity index (χ0v) is 17.6. The minimum atomic E-state index is 0.330. The van der Waals surface area contributed by atoms with Crippen molar-refractivity contribution in [1.82, 2.24) is 20.4 Å². The first-order valence-corrected chi connectivity index (χ1v) is 9.88. The molecule has 168 valence electrons. The third-order valence-electron chi connectivity index (χ3n) is 3.70. The number of azide groups is 1. The van der Waals surface area contributed by atoms with E-state index in [2.05, 4.69) is 30.4 Å². The number of benzene rings is 1. The molecule has 12 nitrogen and oxygen atoms in total. The molecule has 0 unspecified atom stereocenters. The highest BCUT2D eigenvalue weighted by molar-refractivity contribution is 5.54. The molecule has 0 radical (unpaired) electrons. The number of hydrogen-bond acceptors (Lipinski definition) is 10. The molecule has 0 fully saturated rings. The maximum absolute atomic E-state index is 8.11. The predicted octanol–water partition coefficient (Wildman–Crippen LogP) is 2.00. The van der Waals surface area contributed by atoms with Crippen LogP contribution in [0, 0.1) is 6.92 Å². The summed E-state index contributed by atoms with van der Waals surface area (Å²) in [6.45, 7) is 6.23. The molecule has 0 aliphatic heterocycles. The molecular weight excluding hydrogens is 406 g/mol. The first kappa shape index (κ1) is 24.4. The standard InChI is InChI=1S/C19H27N7O5/c1-16-22-24-19(25-23-16)17-2-4-18(5-3-17)31-15-14-30-13-12-29-11-10-28-9-8-27-7-6-21-26-20/h2-5H,6-15H2,1H3. The van der Waals surface area contributed by atoms with Crippen molar-refractivity contribution in [2.24, 2.45) is 5.11 Å². The molecule has 2 aromatic rings. The molecule has 0 aliphatic carbocycles. The predicted molar refractivity (Wildman–Crippen MR) is 111 cm³/mol. The number of aryl methyl sites for hydroxylation is 1. The van der Waals surface area contributed by atoms with Crippen molar-refractivity contribution in [3.8, 4) is 17.1 Å². The van der Waals surface area contributed by atoms with Crippen LogP contribution in [-0.4, -0.2) is 86.4 Å². The smallest absolute Gasteiger partial charge is 0.203 e. The van der Waals surface area contributed by atoms with E-state index in [1.807, 2.05) is 24.3 Å². The van der Waals surface area contributed by atoms with E-state index in [0.717, 1.165) is 11.3 Å². The van der Waals surface area contributed by atoms with Crippen LogP contribution in [0.1, 0.15) is 5.82 Å². The lowest BCUT2D eigenvalue weighted by atomic mass is 10.2. The van der Waals surface area contributed by atoms with Gasteiger partial charge in [-0.3, -0.25) is 0 Å². The molecule has 1 aromatic heterocycles. The molecule has 0 bridgehead atoms. The van der Waals surface area contributed by atoms with Gasteiger partial charge in [-0.2, -0.15) is 0 Å². The van der Waals surface area contributed by atoms with Gasteiger partial charge in [0.15, 0.2) is 5.82 Å². The Morgan fingerprint density at radius 3 is 1.81 bits per heavy atom. The fourth-order valence-electron chi connectivity index (χ4n) is 2.23. The first-order chi connectivity index (χ1) is 15.3. The monoisotopic (exact) mass is 433 g/mol. The normalized spacial score (nSPS) is 10.6. The highest BCUT2D eigenvalue weighted by Gasteiger charge is 2.03. The summed E-state index contributed by atoms with van der Waals surface area (Å²) in [7, 11) is 0. The van der Waals surface area contributed by atoms with Crippen LogP contribution in [-0.2, 0) is 18.9 Å². The highest BCUT2D eigenvalue weighted by Crippen LogP contribution is 2.18. The van der Waals surface area contributed by atoms with Crippen LogP contribution in [0.2, 0.25) is 0 Å². The van der Waals surface area contributed by atoms with Crippen LogP contribution in [0.5, 0.6) is 5.75 Å². The average molecular weight is 433 g/mol. The number of nitrogens with zero attached hydrogens (tertiary/aromatic N) is 7. The lowest BCUT2D eigenvalue weighted by molar-refractivity contribution is -0.00386. The second-order valence-corrected chi connectivity index (χ2v) is 6.05. The van der Waals surface area contributed by atoms with E-state index in [1.165, 1.54) is 0 Å². The SMILES string of the molecule is Cc1nnc(-c2ccc(OCCOCCOCCOCCOCCN=[N+]=[N-])cc2)nn1. The molecule has 0 N–H and O–H groups in total. The lowest BCUT2D eigenvalue weighted by Gasteiger charge is -2.08. The van der Waals surface area contributed by atoms with Gasteiger partial charge in [0.05, 0.1) is 52.9 Å². The maximum Gasteiger partial charge on any atom is 0.203 e. The van der Waals surface area contributed by atoms with E-state index in [-0.39, 0.29) is 0 Å². The van der Waals surface area contributed by atoms with E-state index in [9.17, 15) is 0 Å². The summed E-state index contributed by atoms with van der Waals surface area (Å²) in [5.74, 6) is 1.74. The molecule has 0 saturated heterocycles. The van der Waals surface area contributed by atoms with Gasteiger partial charge in [0.25, 0.3) is 0 Å². The van der Waals surface area contributed by atoms with Gasteiger partial charge in [-0.25, -0.2) is 0 Å². The maximum atomic E-state index is 8.11. The Hall–Kier alpha value is -2.89. The van der Waals surface area contributed by atoms with Crippen LogP contribution in [0.25, 0.3) is 21.8 Å². The average Bonchev–Trinajstić information content (AvgIpc) is 2.80. The topological polar surface area (TPSA) is 146 Å². The number of hydrogen-bond donors (Lipinski definition) is 0. The van der Waals surface area contributed by atoms with Crippen LogP contribution >= 0.6 is 0 Å². The summed E-state index contributed by atoms with van der Waals surface area (Å²) < 4.78 is 27.1. The van der Waals surface area contributed by atoms with Gasteiger partial charge >= 0.3 is 0 Å². The van der Waals surface area contributed by atoms with Gasteiger partial charge in [0.2, 0.25) is 5.82 Å². The Morgan fingerprint density at radius 2 is 1.26 bits per heavy atom. The fourth-order valence-corrected chi connectivity index (χ4v) is 2.23. The van der Waals surface area contributed by atoms with E-state index < -0.39 is 0 Å². The molecule has 1 heterocycles. The zero-order chi connectivity index (χ0) is 22.0. The first-order valence-electron chi connectivity index (χ1n) is 9.88. The minimum Gasteiger partial charge on any atom is -0.491 e. The second kappa shape index (κ2) is 15.9. The number of ether oxygens (including phenoxy) is 5. The van der Waals surface area contributed by atoms with Crippen molar-refractivity contribution in [3.05, 3.63) is 40.5 Å². The third-order valence-corrected chi connectivity index (χ3v) is 3.70. The van der Waals surface area contributed by atoms with Crippen molar-refractivity contribution in [2.45, 2.75) is 6.92 Å². The van der Waals surface area contributed by atoms with Crippen molar-refractivity contribution in [3.63, 3.8) is 0 Å². The summed E-state index contributed by atoms with van der Waals surface area (Å²) in [5, 5.41) is 19.2. The Bertz CT molecular complexity index is 770. The molecule has 0 atom stereocenters. The zero-order valence-electron chi connectivity index (χ0n) is 17.6. The lowest BCUT2D eigenvalue weighted by Crippen LogP contribution is -2.14. The third kappa shape index (κ3) is 11.2. The minimum absolute atomic E-state index is 0.330. The van der Waals surface area contributed by atoms with Gasteiger partial charge < -0.3 is 23.7 Å². The van der Waals surface area contributed by atoms with Crippen molar-refractivity contribution >= 4 is 0 Å².